The van der Waals surface area contributed by atoms with E-state index in [1.807, 2.05) is 13.0 Å². The molecule has 22 heavy (non-hydrogen) atoms. The van der Waals surface area contributed by atoms with E-state index < -0.39 is 11.4 Å². The number of aliphatic carboxylic acids is 1. The van der Waals surface area contributed by atoms with Crippen LogP contribution in [-0.2, 0) is 4.79 Å². The van der Waals surface area contributed by atoms with Crippen molar-refractivity contribution in [1.82, 2.24) is 0 Å². The minimum Gasteiger partial charge on any atom is -0.481 e. The van der Waals surface area contributed by atoms with Crippen molar-refractivity contribution in [3.05, 3.63) is 37.0 Å². The molecular weight excluding hydrogens is 272 g/mol. The van der Waals surface area contributed by atoms with Crippen molar-refractivity contribution in [1.29, 1.82) is 0 Å². The predicted octanol–water partition coefficient (Wildman–Crippen LogP) is 5.37. The Hall–Kier alpha value is -1.31. The van der Waals surface area contributed by atoms with Crippen LogP contribution in [0, 0.1) is 22.7 Å². The minimum atomic E-state index is -0.620. The van der Waals surface area contributed by atoms with Crippen LogP contribution >= 0.6 is 0 Å². The van der Waals surface area contributed by atoms with Crippen LogP contribution in [0.3, 0.4) is 0 Å². The first-order chi connectivity index (χ1) is 10.3. The Balaban J connectivity index is 2.30. The van der Waals surface area contributed by atoms with E-state index in [0.717, 1.165) is 50.5 Å². The van der Waals surface area contributed by atoms with E-state index in [0.29, 0.717) is 5.92 Å². The van der Waals surface area contributed by atoms with Crippen LogP contribution < -0.4 is 0 Å². The average molecular weight is 302 g/mol. The second-order valence-corrected chi connectivity index (χ2v) is 7.79. The van der Waals surface area contributed by atoms with Gasteiger partial charge in [-0.3, -0.25) is 4.79 Å². The van der Waals surface area contributed by atoms with Crippen molar-refractivity contribution < 1.29 is 9.90 Å². The molecule has 2 heteroatoms. The first kappa shape index (κ1) is 17.1. The Morgan fingerprint density at radius 3 is 2.68 bits per heavy atom. The van der Waals surface area contributed by atoms with Gasteiger partial charge in [-0.25, -0.2) is 0 Å². The van der Waals surface area contributed by atoms with Gasteiger partial charge >= 0.3 is 5.97 Å². The topological polar surface area (TPSA) is 37.3 Å². The van der Waals surface area contributed by atoms with E-state index in [1.54, 1.807) is 0 Å². The number of rotatable bonds is 5. The fraction of sp³-hybridized carbons (Fsp3) is 0.650. The Kier molecular flexibility index (Phi) is 4.70. The highest BCUT2D eigenvalue weighted by Crippen LogP contribution is 2.62. The van der Waals surface area contributed by atoms with Crippen molar-refractivity contribution >= 4 is 5.97 Å². The number of fused-ring (bicyclic) bond motifs is 1. The molecule has 122 valence electrons. The van der Waals surface area contributed by atoms with Crippen molar-refractivity contribution in [3.63, 3.8) is 0 Å². The Labute approximate surface area is 135 Å². The number of hydrogen-bond acceptors (Lipinski definition) is 1. The Morgan fingerprint density at radius 1 is 1.41 bits per heavy atom. The van der Waals surface area contributed by atoms with E-state index >= 15 is 0 Å². The van der Waals surface area contributed by atoms with Crippen LogP contribution in [-0.4, -0.2) is 11.1 Å². The molecule has 0 saturated heterocycles. The summed E-state index contributed by atoms with van der Waals surface area (Å²) in [6.45, 7) is 16.4. The van der Waals surface area contributed by atoms with Crippen molar-refractivity contribution in [2.24, 2.45) is 22.7 Å². The van der Waals surface area contributed by atoms with Gasteiger partial charge in [0.1, 0.15) is 0 Å². The maximum atomic E-state index is 11.9. The molecule has 2 rings (SSSR count). The molecule has 4 atom stereocenters. The maximum Gasteiger partial charge on any atom is 0.309 e. The van der Waals surface area contributed by atoms with E-state index in [9.17, 15) is 9.90 Å². The molecule has 0 heterocycles. The molecule has 0 spiro atoms. The number of carboxylic acid groups (broad SMARTS) is 1. The lowest BCUT2D eigenvalue weighted by atomic mass is 9.46. The maximum absolute atomic E-state index is 11.9. The molecule has 0 radical (unpaired) electrons. The predicted molar refractivity (Wildman–Crippen MR) is 91.6 cm³/mol. The lowest BCUT2D eigenvalue weighted by Crippen LogP contribution is -2.53. The van der Waals surface area contributed by atoms with E-state index in [1.165, 1.54) is 5.57 Å². The molecule has 0 amide bonds. The number of hydrogen-bond donors (Lipinski definition) is 1. The highest BCUT2D eigenvalue weighted by atomic mass is 16.4. The van der Waals surface area contributed by atoms with E-state index in [-0.39, 0.29) is 11.3 Å². The lowest BCUT2D eigenvalue weighted by Gasteiger charge is -2.57. The van der Waals surface area contributed by atoms with Gasteiger partial charge in [0.2, 0.25) is 0 Å². The number of allylic oxidation sites excluding steroid dienone is 3. The van der Waals surface area contributed by atoms with E-state index in [2.05, 4.69) is 26.7 Å². The van der Waals surface area contributed by atoms with Crippen molar-refractivity contribution in [2.75, 3.05) is 0 Å². The second kappa shape index (κ2) is 6.06. The van der Waals surface area contributed by atoms with E-state index in [4.69, 9.17) is 0 Å². The second-order valence-electron chi connectivity index (χ2n) is 7.79. The van der Waals surface area contributed by atoms with Gasteiger partial charge in [-0.15, -0.1) is 0 Å². The number of carbonyl (C=O) groups is 1. The average Bonchev–Trinajstić information content (AvgIpc) is 2.45. The van der Waals surface area contributed by atoms with Crippen LogP contribution in [0.2, 0.25) is 0 Å². The molecule has 2 aliphatic carbocycles. The molecule has 2 fully saturated rings. The SMILES string of the molecule is C=CC(=C)CC[C@@H]1C(=C)CC[C@H]2[C@]1(C)CCC[C@@]2(C)C(=O)O. The quantitative estimate of drug-likeness (QED) is 0.547. The summed E-state index contributed by atoms with van der Waals surface area (Å²) in [5.74, 6) is 0.0332. The zero-order valence-corrected chi connectivity index (χ0v) is 14.2. The highest BCUT2D eigenvalue weighted by molar-refractivity contribution is 5.75. The molecule has 2 nitrogen and oxygen atoms in total. The molecule has 0 aromatic carbocycles. The van der Waals surface area contributed by atoms with Crippen molar-refractivity contribution in [2.45, 2.75) is 58.8 Å². The first-order valence-electron chi connectivity index (χ1n) is 8.47. The molecular formula is C20H30O2. The largest absolute Gasteiger partial charge is 0.481 e. The molecule has 0 aromatic rings. The highest BCUT2D eigenvalue weighted by Gasteiger charge is 2.57. The number of carboxylic acids is 1. The van der Waals surface area contributed by atoms with Crippen LogP contribution in [0.1, 0.15) is 58.8 Å². The fourth-order valence-corrected chi connectivity index (χ4v) is 5.17. The van der Waals surface area contributed by atoms with Crippen molar-refractivity contribution in [3.8, 4) is 0 Å². The van der Waals surface area contributed by atoms with Gasteiger partial charge in [0.25, 0.3) is 0 Å². The van der Waals surface area contributed by atoms with Crippen LogP contribution in [0.4, 0.5) is 0 Å². The standard InChI is InChI=1S/C20H30O2/c1-6-14(2)8-10-16-15(3)9-11-17-19(16,4)12-7-13-20(17,5)18(21)22/h6,16-17H,1-3,7-13H2,4-5H3,(H,21,22)/t16-,17+,19-,20-/m1/s1. The van der Waals surface area contributed by atoms with Gasteiger partial charge in [-0.05, 0) is 62.7 Å². The normalized spacial score (nSPS) is 38.2. The van der Waals surface area contributed by atoms with Gasteiger partial charge in [0, 0.05) is 0 Å². The van der Waals surface area contributed by atoms with Crippen LogP contribution in [0.5, 0.6) is 0 Å². The van der Waals surface area contributed by atoms with Crippen LogP contribution in [0.15, 0.2) is 37.0 Å². The fourth-order valence-electron chi connectivity index (χ4n) is 5.17. The summed E-state index contributed by atoms with van der Waals surface area (Å²) in [4.78, 5) is 11.9. The van der Waals surface area contributed by atoms with Gasteiger partial charge in [-0.2, -0.15) is 0 Å². The lowest BCUT2D eigenvalue weighted by molar-refractivity contribution is -0.164. The monoisotopic (exact) mass is 302 g/mol. The Bertz CT molecular complexity index is 504. The summed E-state index contributed by atoms with van der Waals surface area (Å²) in [7, 11) is 0. The molecule has 2 saturated carbocycles. The summed E-state index contributed by atoms with van der Waals surface area (Å²) >= 11 is 0. The Morgan fingerprint density at radius 2 is 2.09 bits per heavy atom. The molecule has 2 aliphatic rings. The minimum absolute atomic E-state index is 0.0577. The third-order valence-corrected chi connectivity index (χ3v) is 6.55. The summed E-state index contributed by atoms with van der Waals surface area (Å²) in [5.41, 5.74) is 1.85. The third kappa shape index (κ3) is 2.68. The van der Waals surface area contributed by atoms with Gasteiger partial charge in [0.05, 0.1) is 5.41 Å². The van der Waals surface area contributed by atoms with Gasteiger partial charge in [-0.1, -0.05) is 50.3 Å². The molecule has 0 unspecified atom stereocenters. The summed E-state index contributed by atoms with van der Waals surface area (Å²) in [6.07, 6.45) is 8.64. The summed E-state index contributed by atoms with van der Waals surface area (Å²) in [6, 6.07) is 0. The molecule has 1 N–H and O–H groups in total. The zero-order valence-electron chi connectivity index (χ0n) is 14.2. The smallest absolute Gasteiger partial charge is 0.309 e. The van der Waals surface area contributed by atoms with Gasteiger partial charge in [0.15, 0.2) is 0 Å². The first-order valence-corrected chi connectivity index (χ1v) is 8.47. The van der Waals surface area contributed by atoms with Crippen LogP contribution in [0.25, 0.3) is 0 Å². The molecule has 0 bridgehead atoms. The van der Waals surface area contributed by atoms with Gasteiger partial charge < -0.3 is 5.11 Å². The molecule has 0 aliphatic heterocycles. The molecule has 0 aromatic heterocycles. The summed E-state index contributed by atoms with van der Waals surface area (Å²) < 4.78 is 0. The third-order valence-electron chi connectivity index (χ3n) is 6.55. The summed E-state index contributed by atoms with van der Waals surface area (Å²) in [5, 5.41) is 9.81. The zero-order chi connectivity index (χ0) is 16.5.